The van der Waals surface area contributed by atoms with Crippen LogP contribution in [0.3, 0.4) is 0 Å². The number of hydrogen-bond acceptors (Lipinski definition) is 8. The molecule has 1 saturated carbocycles. The summed E-state index contributed by atoms with van der Waals surface area (Å²) >= 11 is 0. The number of aromatic amines is 1. The van der Waals surface area contributed by atoms with Crippen LogP contribution in [0.5, 0.6) is 5.75 Å². The molecule has 1 aromatic heterocycles. The number of carbonyl (C=O) groups is 2. The molecule has 252 valence electrons. The van der Waals surface area contributed by atoms with Gasteiger partial charge in [-0.15, -0.1) is 0 Å². The van der Waals surface area contributed by atoms with Gasteiger partial charge in [-0.3, -0.25) is 14.9 Å². The number of amides is 2. The SMILES string of the molecule is O=C(Nc1ccccc1-c1ccccc1)OC1CCN(CCNC(=O)[C@@H]2CC[C@H](NC[C@@H](O)c3ccc(O)c4[nH]c(=O)ccc34)C2)CC1. The van der Waals surface area contributed by atoms with Gasteiger partial charge in [0, 0.05) is 61.7 Å². The summed E-state index contributed by atoms with van der Waals surface area (Å²) in [5.41, 5.74) is 3.27. The lowest BCUT2D eigenvalue weighted by atomic mass is 10.0. The summed E-state index contributed by atoms with van der Waals surface area (Å²) < 4.78 is 5.75. The molecule has 6 N–H and O–H groups in total. The van der Waals surface area contributed by atoms with Crippen molar-refractivity contribution in [2.75, 3.05) is 38.0 Å². The molecule has 0 unspecified atom stereocenters. The van der Waals surface area contributed by atoms with E-state index in [1.54, 1.807) is 12.1 Å². The maximum Gasteiger partial charge on any atom is 0.411 e. The van der Waals surface area contributed by atoms with Crippen molar-refractivity contribution in [1.82, 2.24) is 20.5 Å². The van der Waals surface area contributed by atoms with Crippen LogP contribution in [0.15, 0.2) is 83.7 Å². The monoisotopic (exact) mass is 653 g/mol. The van der Waals surface area contributed by atoms with Gasteiger partial charge in [-0.25, -0.2) is 4.79 Å². The third kappa shape index (κ3) is 8.22. The van der Waals surface area contributed by atoms with Gasteiger partial charge in [-0.05, 0) is 61.4 Å². The lowest BCUT2D eigenvalue weighted by molar-refractivity contribution is -0.124. The van der Waals surface area contributed by atoms with Crippen molar-refractivity contribution >= 4 is 28.6 Å². The first-order valence-corrected chi connectivity index (χ1v) is 16.7. The van der Waals surface area contributed by atoms with Crippen molar-refractivity contribution in [3.63, 3.8) is 0 Å². The second-order valence-corrected chi connectivity index (χ2v) is 12.7. The zero-order valence-electron chi connectivity index (χ0n) is 26.9. The second-order valence-electron chi connectivity index (χ2n) is 12.7. The maximum atomic E-state index is 12.9. The fraction of sp³-hybridized carbons (Fsp3) is 0.378. The average Bonchev–Trinajstić information content (AvgIpc) is 3.58. The molecule has 1 saturated heterocycles. The minimum absolute atomic E-state index is 0.0451. The Morgan fingerprint density at radius 3 is 2.52 bits per heavy atom. The van der Waals surface area contributed by atoms with Crippen LogP contribution in [0.25, 0.3) is 22.0 Å². The van der Waals surface area contributed by atoms with Crippen molar-refractivity contribution in [3.05, 3.63) is 94.8 Å². The quantitative estimate of drug-likeness (QED) is 0.138. The summed E-state index contributed by atoms with van der Waals surface area (Å²) in [5.74, 6) is -0.0702. The van der Waals surface area contributed by atoms with E-state index in [9.17, 15) is 24.6 Å². The molecule has 48 heavy (non-hydrogen) atoms. The van der Waals surface area contributed by atoms with Gasteiger partial charge in [0.2, 0.25) is 11.5 Å². The number of aliphatic hydroxyl groups is 1. The topological polar surface area (TPSA) is 156 Å². The highest BCUT2D eigenvalue weighted by Gasteiger charge is 2.30. The molecule has 2 aliphatic rings. The molecule has 1 aliphatic carbocycles. The zero-order valence-corrected chi connectivity index (χ0v) is 26.9. The normalized spacial score (nSPS) is 19.2. The van der Waals surface area contributed by atoms with E-state index in [0.717, 1.165) is 56.4 Å². The van der Waals surface area contributed by atoms with Crippen molar-refractivity contribution < 1.29 is 24.5 Å². The Labute approximate surface area is 279 Å². The smallest absolute Gasteiger partial charge is 0.411 e. The number of carbonyl (C=O) groups excluding carboxylic acids is 2. The maximum absolute atomic E-state index is 12.9. The third-order valence-corrected chi connectivity index (χ3v) is 9.45. The molecular weight excluding hydrogens is 610 g/mol. The molecule has 6 rings (SSSR count). The number of anilines is 1. The summed E-state index contributed by atoms with van der Waals surface area (Å²) in [7, 11) is 0. The predicted octanol–water partition coefficient (Wildman–Crippen LogP) is 4.52. The van der Waals surface area contributed by atoms with Gasteiger partial charge >= 0.3 is 6.09 Å². The Balaban J connectivity index is 0.878. The number of rotatable bonds is 11. The fourth-order valence-electron chi connectivity index (χ4n) is 6.83. The molecule has 3 aromatic carbocycles. The third-order valence-electron chi connectivity index (χ3n) is 9.45. The summed E-state index contributed by atoms with van der Waals surface area (Å²) in [5, 5.41) is 31.0. The number of benzene rings is 3. The number of nitrogens with one attached hydrogen (secondary N) is 4. The lowest BCUT2D eigenvalue weighted by Crippen LogP contribution is -2.43. The number of fused-ring (bicyclic) bond motifs is 1. The number of phenols is 1. The number of phenolic OH excluding ortho intramolecular Hbond substituents is 1. The van der Waals surface area contributed by atoms with E-state index in [1.165, 1.54) is 12.1 Å². The highest BCUT2D eigenvalue weighted by molar-refractivity contribution is 5.91. The lowest BCUT2D eigenvalue weighted by Gasteiger charge is -2.31. The van der Waals surface area contributed by atoms with Crippen molar-refractivity contribution in [2.24, 2.45) is 5.92 Å². The molecule has 0 bridgehead atoms. The molecule has 2 heterocycles. The van der Waals surface area contributed by atoms with Crippen molar-refractivity contribution in [2.45, 2.75) is 50.4 Å². The van der Waals surface area contributed by atoms with E-state index in [-0.39, 0.29) is 35.3 Å². The molecule has 1 aliphatic heterocycles. The van der Waals surface area contributed by atoms with E-state index in [4.69, 9.17) is 4.74 Å². The average molecular weight is 654 g/mol. The Hall–Kier alpha value is -4.71. The van der Waals surface area contributed by atoms with Crippen LogP contribution in [-0.2, 0) is 9.53 Å². The number of ether oxygens (including phenoxy) is 1. The fourth-order valence-corrected chi connectivity index (χ4v) is 6.83. The summed E-state index contributed by atoms with van der Waals surface area (Å²) in [6, 6.07) is 23.8. The minimum Gasteiger partial charge on any atom is -0.506 e. The number of aromatic hydroxyl groups is 1. The molecule has 4 aromatic rings. The van der Waals surface area contributed by atoms with Crippen LogP contribution in [0, 0.1) is 5.92 Å². The number of likely N-dealkylation sites (tertiary alicyclic amines) is 1. The number of pyridine rings is 1. The van der Waals surface area contributed by atoms with Gasteiger partial charge in [0.15, 0.2) is 0 Å². The standard InChI is InChI=1S/C37H43N5O6/c43-32-14-12-29(30-13-15-34(45)41-35(30)32)33(44)23-39-26-11-10-25(22-26)36(46)38-18-21-42-19-16-27(17-20-42)48-37(47)40-31-9-5-4-8-28(31)24-6-2-1-3-7-24/h1-9,12-15,25-27,33,39,43-44H,10-11,16-23H2,(H,38,46)(H,40,47)(H,41,45)/t25-,26+,33-/m1/s1. The number of H-pyrrole nitrogens is 1. The number of hydrogen-bond donors (Lipinski definition) is 6. The van der Waals surface area contributed by atoms with Gasteiger partial charge in [0.05, 0.1) is 17.3 Å². The number of piperidine rings is 1. The number of para-hydroxylation sites is 1. The highest BCUT2D eigenvalue weighted by atomic mass is 16.6. The van der Waals surface area contributed by atoms with Crippen LogP contribution in [0.4, 0.5) is 10.5 Å². The Bertz CT molecular complexity index is 1770. The first-order valence-electron chi connectivity index (χ1n) is 16.7. The predicted molar refractivity (Wildman–Crippen MR) is 185 cm³/mol. The minimum atomic E-state index is -0.841. The van der Waals surface area contributed by atoms with Crippen LogP contribution in [0.2, 0.25) is 0 Å². The van der Waals surface area contributed by atoms with Crippen molar-refractivity contribution in [1.29, 1.82) is 0 Å². The van der Waals surface area contributed by atoms with Crippen LogP contribution >= 0.6 is 0 Å². The summed E-state index contributed by atoms with van der Waals surface area (Å²) in [4.78, 5) is 42.2. The molecule has 0 spiro atoms. The highest BCUT2D eigenvalue weighted by Crippen LogP contribution is 2.31. The van der Waals surface area contributed by atoms with Crippen molar-refractivity contribution in [3.8, 4) is 16.9 Å². The van der Waals surface area contributed by atoms with Gasteiger partial charge in [-0.2, -0.15) is 0 Å². The molecular formula is C37H43N5O6. The number of aromatic nitrogens is 1. The van der Waals surface area contributed by atoms with Gasteiger partial charge in [0.25, 0.3) is 0 Å². The summed E-state index contributed by atoms with van der Waals surface area (Å²) in [6.07, 6.45) is 2.35. The zero-order chi connectivity index (χ0) is 33.5. The molecule has 2 amide bonds. The Kier molecular flexibility index (Phi) is 10.7. The van der Waals surface area contributed by atoms with E-state index >= 15 is 0 Å². The number of nitrogens with zero attached hydrogens (tertiary/aromatic N) is 1. The largest absolute Gasteiger partial charge is 0.506 e. The second kappa shape index (κ2) is 15.5. The van der Waals surface area contributed by atoms with Crippen LogP contribution in [-0.4, -0.2) is 77.0 Å². The summed E-state index contributed by atoms with van der Waals surface area (Å²) in [6.45, 7) is 3.17. The molecule has 11 nitrogen and oxygen atoms in total. The number of aliphatic hydroxyl groups excluding tert-OH is 1. The van der Waals surface area contributed by atoms with E-state index in [0.29, 0.717) is 41.7 Å². The van der Waals surface area contributed by atoms with Crippen LogP contribution in [0.1, 0.15) is 43.8 Å². The Morgan fingerprint density at radius 1 is 0.938 bits per heavy atom. The van der Waals surface area contributed by atoms with E-state index in [1.807, 2.05) is 54.6 Å². The molecule has 0 radical (unpaired) electrons. The first-order chi connectivity index (χ1) is 23.3. The van der Waals surface area contributed by atoms with Crippen LogP contribution < -0.4 is 21.5 Å². The van der Waals surface area contributed by atoms with E-state index in [2.05, 4.69) is 25.8 Å². The van der Waals surface area contributed by atoms with E-state index < -0.39 is 12.2 Å². The molecule has 3 atom stereocenters. The molecule has 11 heteroatoms. The Morgan fingerprint density at radius 2 is 1.71 bits per heavy atom. The van der Waals surface area contributed by atoms with Gasteiger partial charge < -0.3 is 35.5 Å². The van der Waals surface area contributed by atoms with Gasteiger partial charge in [0.1, 0.15) is 11.9 Å². The first kappa shape index (κ1) is 33.2. The molecule has 2 fully saturated rings. The van der Waals surface area contributed by atoms with Gasteiger partial charge in [-0.1, -0.05) is 54.6 Å².